The molecule has 0 spiro atoms. The zero-order valence-electron chi connectivity index (χ0n) is 13.2. The van der Waals surface area contributed by atoms with Crippen LogP contribution in [0.15, 0.2) is 12.4 Å². The Morgan fingerprint density at radius 3 is 2.70 bits per heavy atom. The van der Waals surface area contributed by atoms with Gasteiger partial charge in [0.2, 0.25) is 0 Å². The number of carboxylic acids is 1. The third-order valence-electron chi connectivity index (χ3n) is 3.34. The van der Waals surface area contributed by atoms with Crippen molar-refractivity contribution in [3.05, 3.63) is 17.5 Å². The van der Waals surface area contributed by atoms with Crippen molar-refractivity contribution in [1.82, 2.24) is 15.3 Å². The average molecular weight is 343 g/mol. The Labute approximate surface area is 138 Å². The van der Waals surface area contributed by atoms with Crippen molar-refractivity contribution in [3.8, 4) is 0 Å². The van der Waals surface area contributed by atoms with E-state index in [1.54, 1.807) is 25.7 Å². The maximum atomic E-state index is 12.0. The molecule has 126 valence electrons. The van der Waals surface area contributed by atoms with Gasteiger partial charge in [-0.25, -0.2) is 14.6 Å². The maximum Gasteiger partial charge on any atom is 0.408 e. The van der Waals surface area contributed by atoms with Crippen LogP contribution in [0.3, 0.4) is 0 Å². The highest BCUT2D eigenvalue weighted by Crippen LogP contribution is 2.27. The van der Waals surface area contributed by atoms with Crippen LogP contribution in [0.5, 0.6) is 0 Å². The molecular formula is C14H19ClN4O4. The molecule has 1 aromatic heterocycles. The van der Waals surface area contributed by atoms with E-state index in [1.165, 1.54) is 12.4 Å². The molecule has 2 heterocycles. The van der Waals surface area contributed by atoms with Gasteiger partial charge >= 0.3 is 12.1 Å². The van der Waals surface area contributed by atoms with E-state index in [-0.39, 0.29) is 18.1 Å². The molecule has 1 fully saturated rings. The summed E-state index contributed by atoms with van der Waals surface area (Å²) in [7, 11) is 0. The summed E-state index contributed by atoms with van der Waals surface area (Å²) < 4.78 is 5.15. The number of anilines is 1. The monoisotopic (exact) mass is 342 g/mol. The standard InChI is InChI=1S/C14H19ClN4O4/c1-13(2,3)23-12(22)18-14(11(20)21)4-5-19(8-14)10-7-16-6-9(15)17-10/h6-7H,4-5,8H2,1-3H3,(H,18,22)(H,20,21). The number of alkyl carbamates (subject to hydrolysis) is 1. The van der Waals surface area contributed by atoms with E-state index in [9.17, 15) is 14.7 Å². The number of ether oxygens (including phenoxy) is 1. The zero-order valence-corrected chi connectivity index (χ0v) is 13.9. The van der Waals surface area contributed by atoms with Crippen molar-refractivity contribution in [2.75, 3.05) is 18.0 Å². The van der Waals surface area contributed by atoms with Gasteiger partial charge < -0.3 is 20.1 Å². The van der Waals surface area contributed by atoms with Crippen LogP contribution in [0.2, 0.25) is 5.15 Å². The van der Waals surface area contributed by atoms with E-state index in [4.69, 9.17) is 16.3 Å². The summed E-state index contributed by atoms with van der Waals surface area (Å²) >= 11 is 5.81. The molecule has 1 atom stereocenters. The van der Waals surface area contributed by atoms with Crippen LogP contribution < -0.4 is 10.2 Å². The molecule has 1 aliphatic heterocycles. The molecule has 2 N–H and O–H groups in total. The van der Waals surface area contributed by atoms with Crippen LogP contribution >= 0.6 is 11.6 Å². The van der Waals surface area contributed by atoms with Gasteiger partial charge in [-0.3, -0.25) is 4.98 Å². The number of hydrogen-bond donors (Lipinski definition) is 2. The fourth-order valence-corrected chi connectivity index (χ4v) is 2.46. The minimum absolute atomic E-state index is 0.0522. The fraction of sp³-hybridized carbons (Fsp3) is 0.571. The summed E-state index contributed by atoms with van der Waals surface area (Å²) in [6.07, 6.45) is 2.34. The predicted molar refractivity (Wildman–Crippen MR) is 83.6 cm³/mol. The van der Waals surface area contributed by atoms with Crippen LogP contribution in [0.25, 0.3) is 0 Å². The van der Waals surface area contributed by atoms with Crippen molar-refractivity contribution >= 4 is 29.5 Å². The molecule has 1 aliphatic rings. The molecule has 0 saturated carbocycles. The SMILES string of the molecule is CC(C)(C)OC(=O)NC1(C(=O)O)CCN(c2cncc(Cl)n2)C1. The Morgan fingerprint density at radius 2 is 2.13 bits per heavy atom. The first kappa shape index (κ1) is 17.3. The zero-order chi connectivity index (χ0) is 17.3. The van der Waals surface area contributed by atoms with E-state index >= 15 is 0 Å². The largest absolute Gasteiger partial charge is 0.479 e. The van der Waals surface area contributed by atoms with E-state index in [0.29, 0.717) is 12.4 Å². The summed E-state index contributed by atoms with van der Waals surface area (Å²) in [4.78, 5) is 33.4. The number of carbonyl (C=O) groups is 2. The predicted octanol–water partition coefficient (Wildman–Crippen LogP) is 1.69. The average Bonchev–Trinajstić information content (AvgIpc) is 2.82. The minimum atomic E-state index is -1.44. The van der Waals surface area contributed by atoms with Gasteiger partial charge in [-0.05, 0) is 20.8 Å². The van der Waals surface area contributed by atoms with Crippen LogP contribution in [0, 0.1) is 0 Å². The smallest absolute Gasteiger partial charge is 0.408 e. The second-order valence-electron chi connectivity index (χ2n) is 6.39. The van der Waals surface area contributed by atoms with E-state index in [2.05, 4.69) is 15.3 Å². The van der Waals surface area contributed by atoms with Gasteiger partial charge in [0.15, 0.2) is 5.54 Å². The summed E-state index contributed by atoms with van der Waals surface area (Å²) in [6, 6.07) is 0. The Balaban J connectivity index is 2.14. The molecule has 1 aromatic rings. The van der Waals surface area contributed by atoms with Crippen molar-refractivity contribution < 1.29 is 19.4 Å². The second-order valence-corrected chi connectivity index (χ2v) is 6.77. The van der Waals surface area contributed by atoms with Crippen molar-refractivity contribution in [2.45, 2.75) is 38.3 Å². The number of nitrogens with zero attached hydrogens (tertiary/aromatic N) is 3. The topological polar surface area (TPSA) is 105 Å². The number of halogens is 1. The summed E-state index contributed by atoms with van der Waals surface area (Å²) in [5.41, 5.74) is -2.15. The van der Waals surface area contributed by atoms with Gasteiger partial charge in [0.25, 0.3) is 0 Å². The van der Waals surface area contributed by atoms with Gasteiger partial charge in [-0.1, -0.05) is 11.6 Å². The number of carboxylic acid groups (broad SMARTS) is 1. The number of hydrogen-bond acceptors (Lipinski definition) is 6. The highest BCUT2D eigenvalue weighted by Gasteiger charge is 2.47. The maximum absolute atomic E-state index is 12.0. The second kappa shape index (κ2) is 6.19. The van der Waals surface area contributed by atoms with Crippen molar-refractivity contribution in [3.63, 3.8) is 0 Å². The molecule has 0 aromatic carbocycles. The van der Waals surface area contributed by atoms with E-state index < -0.39 is 23.2 Å². The molecular weight excluding hydrogens is 324 g/mol. The molecule has 1 unspecified atom stereocenters. The van der Waals surface area contributed by atoms with Gasteiger partial charge in [-0.15, -0.1) is 0 Å². The third kappa shape index (κ3) is 4.22. The normalized spacial score (nSPS) is 21.1. The quantitative estimate of drug-likeness (QED) is 0.861. The molecule has 0 aliphatic carbocycles. The lowest BCUT2D eigenvalue weighted by Gasteiger charge is -2.28. The van der Waals surface area contributed by atoms with Gasteiger partial charge in [0.1, 0.15) is 16.6 Å². The number of nitrogens with one attached hydrogen (secondary N) is 1. The summed E-state index contributed by atoms with van der Waals surface area (Å²) in [5, 5.41) is 12.3. The lowest BCUT2D eigenvalue weighted by atomic mass is 9.99. The number of amides is 1. The Hall–Kier alpha value is -2.09. The molecule has 2 rings (SSSR count). The first-order valence-electron chi connectivity index (χ1n) is 7.08. The summed E-state index contributed by atoms with van der Waals surface area (Å²) in [6.45, 7) is 5.58. The number of carbonyl (C=O) groups excluding carboxylic acids is 1. The van der Waals surface area contributed by atoms with Gasteiger partial charge in [0.05, 0.1) is 18.9 Å². The highest BCUT2D eigenvalue weighted by atomic mass is 35.5. The van der Waals surface area contributed by atoms with Crippen LogP contribution in [-0.4, -0.2) is 51.4 Å². The number of rotatable bonds is 3. The molecule has 0 radical (unpaired) electrons. The Kier molecular flexibility index (Phi) is 4.65. The fourth-order valence-electron chi connectivity index (χ4n) is 2.32. The van der Waals surface area contributed by atoms with Crippen molar-refractivity contribution in [2.24, 2.45) is 0 Å². The lowest BCUT2D eigenvalue weighted by Crippen LogP contribution is -2.57. The van der Waals surface area contributed by atoms with E-state index in [1.807, 2.05) is 0 Å². The first-order valence-corrected chi connectivity index (χ1v) is 7.46. The molecule has 1 saturated heterocycles. The molecule has 0 bridgehead atoms. The van der Waals surface area contributed by atoms with Crippen LogP contribution in [0.4, 0.5) is 10.6 Å². The van der Waals surface area contributed by atoms with Gasteiger partial charge in [-0.2, -0.15) is 0 Å². The highest BCUT2D eigenvalue weighted by molar-refractivity contribution is 6.29. The first-order chi connectivity index (χ1) is 10.6. The van der Waals surface area contributed by atoms with Gasteiger partial charge in [0, 0.05) is 13.0 Å². The Morgan fingerprint density at radius 1 is 1.43 bits per heavy atom. The van der Waals surface area contributed by atoms with Crippen LogP contribution in [-0.2, 0) is 9.53 Å². The third-order valence-corrected chi connectivity index (χ3v) is 3.52. The molecule has 9 heteroatoms. The Bertz CT molecular complexity index is 619. The lowest BCUT2D eigenvalue weighted by molar-refractivity contribution is -0.143. The number of aromatic nitrogens is 2. The van der Waals surface area contributed by atoms with Crippen LogP contribution in [0.1, 0.15) is 27.2 Å². The minimum Gasteiger partial charge on any atom is -0.479 e. The van der Waals surface area contributed by atoms with E-state index in [0.717, 1.165) is 0 Å². The van der Waals surface area contributed by atoms with Crippen molar-refractivity contribution in [1.29, 1.82) is 0 Å². The summed E-state index contributed by atoms with van der Waals surface area (Å²) in [5.74, 6) is -0.660. The molecule has 23 heavy (non-hydrogen) atoms. The molecule has 8 nitrogen and oxygen atoms in total. The molecule has 1 amide bonds. The number of aliphatic carboxylic acids is 1.